The lowest BCUT2D eigenvalue weighted by atomic mass is 10.1. The van der Waals surface area contributed by atoms with E-state index in [9.17, 15) is 9.90 Å². The van der Waals surface area contributed by atoms with Crippen LogP contribution in [0.1, 0.15) is 16.8 Å². The zero-order valence-corrected chi connectivity index (χ0v) is 12.4. The number of phenols is 1. The number of nitrogens with zero attached hydrogens (tertiary/aromatic N) is 2. The van der Waals surface area contributed by atoms with E-state index in [0.29, 0.717) is 24.4 Å². The number of nitrogens with two attached hydrogens (primary N) is 1. The highest BCUT2D eigenvalue weighted by Crippen LogP contribution is 2.26. The van der Waals surface area contributed by atoms with E-state index in [4.69, 9.17) is 10.5 Å². The van der Waals surface area contributed by atoms with E-state index in [2.05, 4.69) is 4.90 Å². The van der Waals surface area contributed by atoms with Crippen LogP contribution < -0.4 is 10.5 Å². The predicted octanol–water partition coefficient (Wildman–Crippen LogP) is 0.507. The molecule has 0 bridgehead atoms. The lowest BCUT2D eigenvalue weighted by molar-refractivity contribution is 0.0761. The van der Waals surface area contributed by atoms with Gasteiger partial charge < -0.3 is 25.4 Å². The Morgan fingerprint density at radius 1 is 1.33 bits per heavy atom. The SMILES string of the molecule is COc1ccc(C(=O)N2CCCN(CCN)CC2)cc1O. The lowest BCUT2D eigenvalue weighted by Crippen LogP contribution is -2.36. The van der Waals surface area contributed by atoms with Crippen molar-refractivity contribution in [1.29, 1.82) is 0 Å². The fraction of sp³-hybridized carbons (Fsp3) is 0.533. The molecule has 3 N–H and O–H groups in total. The number of hydrogen-bond donors (Lipinski definition) is 2. The molecule has 0 aliphatic carbocycles. The highest BCUT2D eigenvalue weighted by molar-refractivity contribution is 5.95. The average Bonchev–Trinajstić information content (AvgIpc) is 2.72. The topological polar surface area (TPSA) is 79.0 Å². The van der Waals surface area contributed by atoms with Crippen molar-refractivity contribution in [2.75, 3.05) is 46.4 Å². The van der Waals surface area contributed by atoms with Gasteiger partial charge in [-0.2, -0.15) is 0 Å². The van der Waals surface area contributed by atoms with Crippen LogP contribution in [0.4, 0.5) is 0 Å². The van der Waals surface area contributed by atoms with E-state index in [1.165, 1.54) is 13.2 Å². The molecule has 1 aromatic carbocycles. The van der Waals surface area contributed by atoms with Gasteiger partial charge in [-0.15, -0.1) is 0 Å². The van der Waals surface area contributed by atoms with Crippen molar-refractivity contribution in [3.63, 3.8) is 0 Å². The van der Waals surface area contributed by atoms with Gasteiger partial charge in [-0.25, -0.2) is 0 Å². The number of phenolic OH excluding ortho intramolecular Hbond substituents is 1. The lowest BCUT2D eigenvalue weighted by Gasteiger charge is -2.22. The van der Waals surface area contributed by atoms with Crippen molar-refractivity contribution in [1.82, 2.24) is 9.80 Å². The van der Waals surface area contributed by atoms with Gasteiger partial charge in [0.2, 0.25) is 0 Å². The summed E-state index contributed by atoms with van der Waals surface area (Å²) in [7, 11) is 1.48. The number of carbonyl (C=O) groups is 1. The molecule has 1 heterocycles. The Morgan fingerprint density at radius 2 is 2.14 bits per heavy atom. The third-order valence-corrected chi connectivity index (χ3v) is 3.75. The second-order valence-corrected chi connectivity index (χ2v) is 5.16. The molecule has 0 spiro atoms. The highest BCUT2D eigenvalue weighted by Gasteiger charge is 2.20. The van der Waals surface area contributed by atoms with Gasteiger partial charge in [0.05, 0.1) is 7.11 Å². The first-order valence-corrected chi connectivity index (χ1v) is 7.24. The number of aromatic hydroxyl groups is 1. The summed E-state index contributed by atoms with van der Waals surface area (Å²) in [5.41, 5.74) is 6.06. The molecule has 1 aliphatic rings. The first kappa shape index (κ1) is 15.6. The van der Waals surface area contributed by atoms with Crippen molar-refractivity contribution in [3.05, 3.63) is 23.8 Å². The molecule has 0 radical (unpaired) electrons. The van der Waals surface area contributed by atoms with Crippen LogP contribution in [0.2, 0.25) is 0 Å². The Morgan fingerprint density at radius 3 is 2.81 bits per heavy atom. The summed E-state index contributed by atoms with van der Waals surface area (Å²) in [6.07, 6.45) is 0.938. The first-order valence-electron chi connectivity index (χ1n) is 7.24. The van der Waals surface area contributed by atoms with Crippen LogP contribution in [0.3, 0.4) is 0 Å². The standard InChI is InChI=1S/C15H23N3O3/c1-21-14-4-3-12(11-13(14)19)15(20)18-7-2-6-17(8-5-16)9-10-18/h3-4,11,19H,2,5-10,16H2,1H3. The summed E-state index contributed by atoms with van der Waals surface area (Å²) in [4.78, 5) is 16.6. The van der Waals surface area contributed by atoms with Crippen molar-refractivity contribution < 1.29 is 14.6 Å². The molecule has 1 fully saturated rings. The molecule has 116 valence electrons. The van der Waals surface area contributed by atoms with Crippen molar-refractivity contribution >= 4 is 5.91 Å². The molecule has 6 heteroatoms. The Hall–Kier alpha value is -1.79. The summed E-state index contributed by atoms with van der Waals surface area (Å²) in [5.74, 6) is 0.307. The summed E-state index contributed by atoms with van der Waals surface area (Å²) >= 11 is 0. The third-order valence-electron chi connectivity index (χ3n) is 3.75. The number of carbonyl (C=O) groups excluding carboxylic acids is 1. The minimum Gasteiger partial charge on any atom is -0.504 e. The van der Waals surface area contributed by atoms with Crippen LogP contribution in [0.15, 0.2) is 18.2 Å². The van der Waals surface area contributed by atoms with Gasteiger partial charge in [-0.1, -0.05) is 0 Å². The van der Waals surface area contributed by atoms with Crippen LogP contribution in [-0.4, -0.2) is 67.2 Å². The molecular formula is C15H23N3O3. The molecule has 21 heavy (non-hydrogen) atoms. The minimum atomic E-state index is -0.0532. The summed E-state index contributed by atoms with van der Waals surface area (Å²) in [5, 5.41) is 9.79. The molecular weight excluding hydrogens is 270 g/mol. The van der Waals surface area contributed by atoms with Crippen molar-refractivity contribution in [2.45, 2.75) is 6.42 Å². The van der Waals surface area contributed by atoms with Gasteiger partial charge in [0.1, 0.15) is 0 Å². The van der Waals surface area contributed by atoms with E-state index < -0.39 is 0 Å². The fourth-order valence-corrected chi connectivity index (χ4v) is 2.59. The predicted molar refractivity (Wildman–Crippen MR) is 80.7 cm³/mol. The molecule has 0 atom stereocenters. The Balaban J connectivity index is 2.04. The number of ether oxygens (including phenoxy) is 1. The molecule has 6 nitrogen and oxygen atoms in total. The van der Waals surface area contributed by atoms with Gasteiger partial charge in [-0.3, -0.25) is 4.79 Å². The zero-order chi connectivity index (χ0) is 15.2. The number of hydrogen-bond acceptors (Lipinski definition) is 5. The van der Waals surface area contributed by atoms with E-state index in [-0.39, 0.29) is 11.7 Å². The third kappa shape index (κ3) is 3.86. The average molecular weight is 293 g/mol. The monoisotopic (exact) mass is 293 g/mol. The van der Waals surface area contributed by atoms with Gasteiger partial charge in [-0.05, 0) is 31.2 Å². The maximum Gasteiger partial charge on any atom is 0.254 e. The quantitative estimate of drug-likeness (QED) is 0.845. The number of benzene rings is 1. The van der Waals surface area contributed by atoms with E-state index in [1.807, 2.05) is 4.90 Å². The summed E-state index contributed by atoms with van der Waals surface area (Å²) in [6.45, 7) is 4.73. The van der Waals surface area contributed by atoms with Gasteiger partial charge >= 0.3 is 0 Å². The molecule has 0 aromatic heterocycles. The van der Waals surface area contributed by atoms with Crippen LogP contribution in [-0.2, 0) is 0 Å². The second kappa shape index (κ2) is 7.28. The summed E-state index contributed by atoms with van der Waals surface area (Å²) < 4.78 is 4.99. The normalized spacial score (nSPS) is 16.6. The maximum atomic E-state index is 12.5. The molecule has 2 rings (SSSR count). The number of rotatable bonds is 4. The van der Waals surface area contributed by atoms with Gasteiger partial charge in [0.15, 0.2) is 11.5 Å². The fourth-order valence-electron chi connectivity index (χ4n) is 2.59. The van der Waals surface area contributed by atoms with Gasteiger partial charge in [0.25, 0.3) is 5.91 Å². The van der Waals surface area contributed by atoms with Crippen LogP contribution in [0.5, 0.6) is 11.5 Å². The van der Waals surface area contributed by atoms with Gasteiger partial charge in [0, 0.05) is 38.3 Å². The van der Waals surface area contributed by atoms with Crippen LogP contribution >= 0.6 is 0 Å². The van der Waals surface area contributed by atoms with Crippen LogP contribution in [0, 0.1) is 0 Å². The smallest absolute Gasteiger partial charge is 0.254 e. The maximum absolute atomic E-state index is 12.5. The molecule has 0 unspecified atom stereocenters. The van der Waals surface area contributed by atoms with E-state index in [1.54, 1.807) is 12.1 Å². The summed E-state index contributed by atoms with van der Waals surface area (Å²) in [6, 6.07) is 4.76. The van der Waals surface area contributed by atoms with Crippen LogP contribution in [0.25, 0.3) is 0 Å². The molecule has 1 saturated heterocycles. The first-order chi connectivity index (χ1) is 10.2. The highest BCUT2D eigenvalue weighted by atomic mass is 16.5. The molecule has 0 saturated carbocycles. The number of amides is 1. The van der Waals surface area contributed by atoms with E-state index in [0.717, 1.165) is 32.6 Å². The Kier molecular flexibility index (Phi) is 5.41. The molecule has 1 aromatic rings. The second-order valence-electron chi connectivity index (χ2n) is 5.16. The Bertz CT molecular complexity index is 493. The minimum absolute atomic E-state index is 0.0112. The largest absolute Gasteiger partial charge is 0.504 e. The molecule has 1 amide bonds. The Labute approximate surface area is 125 Å². The van der Waals surface area contributed by atoms with Crippen molar-refractivity contribution in [3.8, 4) is 11.5 Å². The number of methoxy groups -OCH3 is 1. The zero-order valence-electron chi connectivity index (χ0n) is 12.4. The van der Waals surface area contributed by atoms with Crippen molar-refractivity contribution in [2.24, 2.45) is 5.73 Å². The molecule has 1 aliphatic heterocycles. The van der Waals surface area contributed by atoms with E-state index >= 15 is 0 Å².